The number of hydrogen-bond donors (Lipinski definition) is 1. The minimum absolute atomic E-state index is 0.114. The molecule has 1 amide bonds. The normalized spacial score (nSPS) is 19.6. The summed E-state index contributed by atoms with van der Waals surface area (Å²) in [5.74, 6) is -1.07. The molecule has 31 heavy (non-hydrogen) atoms. The molecule has 0 saturated carbocycles. The summed E-state index contributed by atoms with van der Waals surface area (Å²) in [6, 6.07) is 9.54. The maximum Gasteiger partial charge on any atom is 0.228 e. The number of carbonyl (C=O) groups excluding carboxylic acids is 1. The number of benzene rings is 2. The van der Waals surface area contributed by atoms with Crippen molar-refractivity contribution in [3.63, 3.8) is 0 Å². The Kier molecular flexibility index (Phi) is 6.53. The van der Waals surface area contributed by atoms with E-state index in [1.54, 1.807) is 49.9 Å². The number of likely N-dealkylation sites (tertiary alicyclic amines) is 1. The molecule has 3 rings (SSSR count). The average molecular weight is 451 g/mol. The molecule has 168 valence electrons. The molecular weight excluding hydrogens is 422 g/mol. The van der Waals surface area contributed by atoms with Crippen molar-refractivity contribution in [1.29, 1.82) is 0 Å². The summed E-state index contributed by atoms with van der Waals surface area (Å²) in [6.45, 7) is 5.79. The summed E-state index contributed by atoms with van der Waals surface area (Å²) in [5, 5.41) is 0. The summed E-state index contributed by atoms with van der Waals surface area (Å²) >= 11 is 0. The van der Waals surface area contributed by atoms with Crippen LogP contribution >= 0.6 is 0 Å². The van der Waals surface area contributed by atoms with Crippen molar-refractivity contribution in [2.75, 3.05) is 12.8 Å². The molecule has 5 nitrogen and oxygen atoms in total. The molecule has 0 bridgehead atoms. The lowest BCUT2D eigenvalue weighted by Gasteiger charge is -2.33. The van der Waals surface area contributed by atoms with E-state index in [2.05, 4.69) is 4.72 Å². The fourth-order valence-electron chi connectivity index (χ4n) is 4.04. The number of hydrogen-bond acceptors (Lipinski definition) is 3. The first kappa shape index (κ1) is 23.3. The quantitative estimate of drug-likeness (QED) is 0.755. The van der Waals surface area contributed by atoms with Gasteiger partial charge in [-0.1, -0.05) is 51.1 Å². The van der Waals surface area contributed by atoms with Crippen molar-refractivity contribution in [2.45, 2.75) is 45.7 Å². The number of sulfonamides is 1. The van der Waals surface area contributed by atoms with Crippen molar-refractivity contribution in [1.82, 2.24) is 9.62 Å². The van der Waals surface area contributed by atoms with Gasteiger partial charge in [-0.2, -0.15) is 0 Å². The van der Waals surface area contributed by atoms with Crippen LogP contribution in [0.25, 0.3) is 11.1 Å². The van der Waals surface area contributed by atoms with Crippen LogP contribution in [0.3, 0.4) is 0 Å². The van der Waals surface area contributed by atoms with Crippen molar-refractivity contribution >= 4 is 15.9 Å². The van der Waals surface area contributed by atoms with E-state index in [1.807, 2.05) is 0 Å². The average Bonchev–Trinajstić information content (AvgIpc) is 3.02. The zero-order valence-electron chi connectivity index (χ0n) is 18.2. The van der Waals surface area contributed by atoms with Gasteiger partial charge >= 0.3 is 0 Å². The van der Waals surface area contributed by atoms with Crippen molar-refractivity contribution in [2.24, 2.45) is 5.41 Å². The Morgan fingerprint density at radius 3 is 2.45 bits per heavy atom. The van der Waals surface area contributed by atoms with Crippen LogP contribution in [0.4, 0.5) is 8.78 Å². The highest BCUT2D eigenvalue weighted by Crippen LogP contribution is 2.31. The maximum absolute atomic E-state index is 15.4. The second-order valence-electron chi connectivity index (χ2n) is 9.09. The fraction of sp³-hybridized carbons (Fsp3) is 0.435. The van der Waals surface area contributed by atoms with Crippen LogP contribution in [0.2, 0.25) is 0 Å². The predicted molar refractivity (Wildman–Crippen MR) is 117 cm³/mol. The van der Waals surface area contributed by atoms with Crippen LogP contribution in [-0.4, -0.2) is 44.1 Å². The summed E-state index contributed by atoms with van der Waals surface area (Å²) < 4.78 is 55.4. The first-order valence-electron chi connectivity index (χ1n) is 10.2. The Morgan fingerprint density at radius 1 is 1.16 bits per heavy atom. The fourth-order valence-corrected chi connectivity index (χ4v) is 4.87. The Bertz CT molecular complexity index is 1080. The van der Waals surface area contributed by atoms with Gasteiger partial charge in [-0.05, 0) is 36.1 Å². The zero-order valence-corrected chi connectivity index (χ0v) is 19.0. The summed E-state index contributed by atoms with van der Waals surface area (Å²) in [7, 11) is -3.51. The lowest BCUT2D eigenvalue weighted by atomic mass is 9.92. The minimum Gasteiger partial charge on any atom is -0.337 e. The van der Waals surface area contributed by atoms with Gasteiger partial charge in [-0.3, -0.25) is 4.79 Å². The number of rotatable bonds is 5. The molecule has 0 unspecified atom stereocenters. The van der Waals surface area contributed by atoms with E-state index >= 15 is 4.39 Å². The topological polar surface area (TPSA) is 66.5 Å². The lowest BCUT2D eigenvalue weighted by Crippen LogP contribution is -2.50. The molecule has 2 aromatic rings. The largest absolute Gasteiger partial charge is 0.337 e. The van der Waals surface area contributed by atoms with Crippen LogP contribution in [0.15, 0.2) is 42.5 Å². The second kappa shape index (κ2) is 8.67. The highest BCUT2D eigenvalue weighted by Gasteiger charge is 2.41. The van der Waals surface area contributed by atoms with Crippen molar-refractivity contribution < 1.29 is 22.0 Å². The molecule has 0 radical (unpaired) electrons. The van der Waals surface area contributed by atoms with E-state index in [9.17, 15) is 17.6 Å². The van der Waals surface area contributed by atoms with E-state index in [1.165, 1.54) is 18.2 Å². The van der Waals surface area contributed by atoms with E-state index in [0.29, 0.717) is 24.1 Å². The number of carbonyl (C=O) groups is 1. The Labute approximate surface area is 182 Å². The molecule has 2 atom stereocenters. The molecule has 1 aliphatic rings. The first-order chi connectivity index (χ1) is 14.4. The van der Waals surface area contributed by atoms with E-state index < -0.39 is 39.2 Å². The predicted octanol–water partition coefficient (Wildman–Crippen LogP) is 3.74. The number of amides is 1. The van der Waals surface area contributed by atoms with Gasteiger partial charge in [0.1, 0.15) is 11.6 Å². The third-order valence-electron chi connectivity index (χ3n) is 5.46. The van der Waals surface area contributed by atoms with Crippen LogP contribution in [0, 0.1) is 17.0 Å². The van der Waals surface area contributed by atoms with Gasteiger partial charge in [-0.25, -0.2) is 21.9 Å². The van der Waals surface area contributed by atoms with E-state index in [4.69, 9.17) is 0 Å². The first-order valence-corrected chi connectivity index (χ1v) is 12.1. The molecule has 0 aromatic heterocycles. The molecule has 0 spiro atoms. The second-order valence-corrected chi connectivity index (χ2v) is 10.9. The summed E-state index contributed by atoms with van der Waals surface area (Å²) in [6.07, 6.45) is 1.66. The van der Waals surface area contributed by atoms with Crippen LogP contribution < -0.4 is 4.72 Å². The number of halogens is 2. The Balaban J connectivity index is 1.98. The molecule has 1 heterocycles. The molecule has 0 aliphatic carbocycles. The lowest BCUT2D eigenvalue weighted by molar-refractivity contribution is -0.140. The van der Waals surface area contributed by atoms with E-state index in [0.717, 1.165) is 6.26 Å². The molecule has 1 saturated heterocycles. The van der Waals surface area contributed by atoms with Gasteiger partial charge in [0, 0.05) is 23.6 Å². The highest BCUT2D eigenvalue weighted by molar-refractivity contribution is 7.88. The molecular formula is C23H28F2N2O3S. The van der Waals surface area contributed by atoms with Gasteiger partial charge in [0.25, 0.3) is 0 Å². The molecule has 1 aliphatic heterocycles. The standard InChI is InChI=1S/C23H28F2N2O3S/c1-23(2,3)22(28)27-12-11-19(26-31(4,29)30)20(27)14-16-8-6-10-18(21(16)25)15-7-5-9-17(24)13-15/h5-10,13,19-20,26H,11-12,14H2,1-4H3/t19-,20-/m0/s1. The van der Waals surface area contributed by atoms with E-state index in [-0.39, 0.29) is 17.9 Å². The molecule has 2 aromatic carbocycles. The van der Waals surface area contributed by atoms with Crippen LogP contribution in [-0.2, 0) is 21.2 Å². The maximum atomic E-state index is 15.4. The van der Waals surface area contributed by atoms with Crippen LogP contribution in [0.1, 0.15) is 32.8 Å². The highest BCUT2D eigenvalue weighted by atomic mass is 32.2. The van der Waals surface area contributed by atoms with Crippen molar-refractivity contribution in [3.05, 3.63) is 59.7 Å². The van der Waals surface area contributed by atoms with Gasteiger partial charge in [0.15, 0.2) is 0 Å². The molecule has 8 heteroatoms. The molecule has 1 fully saturated rings. The third kappa shape index (κ3) is 5.49. The minimum atomic E-state index is -3.51. The Hall–Kier alpha value is -2.32. The third-order valence-corrected chi connectivity index (χ3v) is 6.19. The van der Waals surface area contributed by atoms with Crippen molar-refractivity contribution in [3.8, 4) is 11.1 Å². The SMILES string of the molecule is CC(C)(C)C(=O)N1CC[C@H](NS(C)(=O)=O)[C@@H]1Cc1cccc(-c2cccc(F)c2)c1F. The number of nitrogens with zero attached hydrogens (tertiary/aromatic N) is 1. The smallest absolute Gasteiger partial charge is 0.228 e. The summed E-state index contributed by atoms with van der Waals surface area (Å²) in [4.78, 5) is 14.7. The number of nitrogens with one attached hydrogen (secondary N) is 1. The summed E-state index contributed by atoms with van der Waals surface area (Å²) in [5.41, 5.74) is 0.372. The van der Waals surface area contributed by atoms with Gasteiger partial charge in [0.05, 0.1) is 12.3 Å². The van der Waals surface area contributed by atoms with Crippen LogP contribution in [0.5, 0.6) is 0 Å². The van der Waals surface area contributed by atoms with Gasteiger partial charge in [0.2, 0.25) is 15.9 Å². The zero-order chi connectivity index (χ0) is 23.0. The Morgan fingerprint density at radius 2 is 1.84 bits per heavy atom. The van der Waals surface area contributed by atoms with Gasteiger partial charge < -0.3 is 4.90 Å². The van der Waals surface area contributed by atoms with Gasteiger partial charge in [-0.15, -0.1) is 0 Å². The molecule has 1 N–H and O–H groups in total. The monoisotopic (exact) mass is 450 g/mol.